The topological polar surface area (TPSA) is 50.4 Å². The van der Waals surface area contributed by atoms with Crippen molar-refractivity contribution in [1.29, 1.82) is 0 Å². The minimum absolute atomic E-state index is 0.183. The van der Waals surface area contributed by atoms with Crippen molar-refractivity contribution in [2.75, 3.05) is 18.5 Å². The number of rotatable bonds is 2. The first-order valence-electron chi connectivity index (χ1n) is 5.58. The fourth-order valence-electron chi connectivity index (χ4n) is 1.81. The van der Waals surface area contributed by atoms with Crippen molar-refractivity contribution >= 4 is 11.6 Å². The first kappa shape index (κ1) is 12.0. The van der Waals surface area contributed by atoms with E-state index in [4.69, 9.17) is 4.74 Å². The Bertz CT molecular complexity index is 411. The minimum atomic E-state index is -0.396. The summed E-state index contributed by atoms with van der Waals surface area (Å²) in [6.45, 7) is 3.08. The molecule has 2 atom stereocenters. The fraction of sp³-hybridized carbons (Fsp3) is 0.417. The monoisotopic (exact) mass is 238 g/mol. The largest absolute Gasteiger partial charge is 0.375 e. The number of hydrogen-bond acceptors (Lipinski definition) is 3. The number of halogens is 1. The molecule has 1 aromatic carbocycles. The molecule has 1 aromatic rings. The van der Waals surface area contributed by atoms with E-state index in [0.29, 0.717) is 18.8 Å². The summed E-state index contributed by atoms with van der Waals surface area (Å²) in [5.74, 6) is -0.577. The molecule has 2 N–H and O–H groups in total. The molecular weight excluding hydrogens is 223 g/mol. The lowest BCUT2D eigenvalue weighted by Crippen LogP contribution is -2.53. The molecule has 17 heavy (non-hydrogen) atoms. The first-order valence-corrected chi connectivity index (χ1v) is 5.58. The van der Waals surface area contributed by atoms with Crippen LogP contribution >= 0.6 is 0 Å². The van der Waals surface area contributed by atoms with E-state index < -0.39 is 6.04 Å². The Kier molecular flexibility index (Phi) is 3.71. The third-order valence-electron chi connectivity index (χ3n) is 2.69. The highest BCUT2D eigenvalue weighted by Crippen LogP contribution is 2.11. The fourth-order valence-corrected chi connectivity index (χ4v) is 1.81. The number of amides is 1. The molecule has 1 aliphatic rings. The number of nitrogens with one attached hydrogen (secondary N) is 2. The summed E-state index contributed by atoms with van der Waals surface area (Å²) in [6, 6.07) is 5.42. The molecule has 1 saturated heterocycles. The lowest BCUT2D eigenvalue weighted by molar-refractivity contribution is -0.123. The Labute approximate surface area is 99.2 Å². The van der Waals surface area contributed by atoms with Crippen LogP contribution in [0.3, 0.4) is 0 Å². The van der Waals surface area contributed by atoms with Crippen LogP contribution in [0.4, 0.5) is 10.1 Å². The zero-order valence-corrected chi connectivity index (χ0v) is 9.57. The van der Waals surface area contributed by atoms with Gasteiger partial charge in [-0.05, 0) is 25.1 Å². The van der Waals surface area contributed by atoms with E-state index in [1.54, 1.807) is 12.1 Å². The number of anilines is 1. The van der Waals surface area contributed by atoms with Crippen molar-refractivity contribution in [3.8, 4) is 0 Å². The van der Waals surface area contributed by atoms with Gasteiger partial charge in [-0.25, -0.2) is 4.39 Å². The van der Waals surface area contributed by atoms with E-state index >= 15 is 0 Å². The van der Waals surface area contributed by atoms with Gasteiger partial charge in [-0.3, -0.25) is 4.79 Å². The number of hydrogen-bond donors (Lipinski definition) is 2. The summed E-state index contributed by atoms with van der Waals surface area (Å²) in [5.41, 5.74) is 0.453. The molecule has 1 fully saturated rings. The van der Waals surface area contributed by atoms with Crippen LogP contribution < -0.4 is 10.6 Å². The smallest absolute Gasteiger partial charge is 0.244 e. The highest BCUT2D eigenvalue weighted by atomic mass is 19.1. The Morgan fingerprint density at radius 3 is 3.12 bits per heavy atom. The maximum Gasteiger partial charge on any atom is 0.244 e. The van der Waals surface area contributed by atoms with Crippen molar-refractivity contribution in [1.82, 2.24) is 5.32 Å². The van der Waals surface area contributed by atoms with Gasteiger partial charge in [0, 0.05) is 12.2 Å². The Morgan fingerprint density at radius 2 is 2.41 bits per heavy atom. The molecule has 0 spiro atoms. The molecule has 5 heteroatoms. The standard InChI is InChI=1S/C12H15FN2O2/c1-8-11(14-5-6-17-8)12(16)15-10-4-2-3-9(13)7-10/h2-4,7-8,11,14H,5-6H2,1H3,(H,15,16)/t8-,11+/m1/s1. The van der Waals surface area contributed by atoms with Crippen molar-refractivity contribution < 1.29 is 13.9 Å². The van der Waals surface area contributed by atoms with Crippen LogP contribution in [0, 0.1) is 5.82 Å². The summed E-state index contributed by atoms with van der Waals surface area (Å²) >= 11 is 0. The number of carbonyl (C=O) groups excluding carboxylic acids is 1. The molecular formula is C12H15FN2O2. The van der Waals surface area contributed by atoms with E-state index in [1.807, 2.05) is 6.92 Å². The Morgan fingerprint density at radius 1 is 1.59 bits per heavy atom. The quantitative estimate of drug-likeness (QED) is 0.812. The summed E-state index contributed by atoms with van der Waals surface area (Å²) in [7, 11) is 0. The van der Waals surface area contributed by atoms with E-state index in [0.717, 1.165) is 0 Å². The lowest BCUT2D eigenvalue weighted by Gasteiger charge is -2.29. The van der Waals surface area contributed by atoms with Crippen molar-refractivity contribution in [2.24, 2.45) is 0 Å². The molecule has 4 nitrogen and oxygen atoms in total. The second-order valence-electron chi connectivity index (χ2n) is 4.01. The first-order chi connectivity index (χ1) is 8.16. The lowest BCUT2D eigenvalue weighted by atomic mass is 10.1. The summed E-state index contributed by atoms with van der Waals surface area (Å²) < 4.78 is 18.3. The third kappa shape index (κ3) is 3.01. The van der Waals surface area contributed by atoms with Crippen LogP contribution in [-0.4, -0.2) is 31.2 Å². The number of carbonyl (C=O) groups is 1. The molecule has 92 valence electrons. The molecule has 2 rings (SSSR count). The predicted molar refractivity (Wildman–Crippen MR) is 62.2 cm³/mol. The third-order valence-corrected chi connectivity index (χ3v) is 2.69. The van der Waals surface area contributed by atoms with Crippen LogP contribution in [0.2, 0.25) is 0 Å². The molecule has 0 radical (unpaired) electrons. The highest BCUT2D eigenvalue weighted by molar-refractivity contribution is 5.95. The maximum atomic E-state index is 12.9. The molecule has 0 aromatic heterocycles. The summed E-state index contributed by atoms with van der Waals surface area (Å²) in [4.78, 5) is 11.9. The zero-order valence-electron chi connectivity index (χ0n) is 9.57. The van der Waals surface area contributed by atoms with Crippen LogP contribution in [0.15, 0.2) is 24.3 Å². The zero-order chi connectivity index (χ0) is 12.3. The Hall–Kier alpha value is -1.46. The van der Waals surface area contributed by atoms with Crippen molar-refractivity contribution in [2.45, 2.75) is 19.1 Å². The van der Waals surface area contributed by atoms with E-state index in [-0.39, 0.29) is 17.8 Å². The summed E-state index contributed by atoms with van der Waals surface area (Å²) in [5, 5.41) is 5.73. The van der Waals surface area contributed by atoms with Crippen molar-refractivity contribution in [3.05, 3.63) is 30.1 Å². The molecule has 0 aliphatic carbocycles. The predicted octanol–water partition coefficient (Wildman–Crippen LogP) is 1.14. The van der Waals surface area contributed by atoms with E-state index in [9.17, 15) is 9.18 Å². The van der Waals surface area contributed by atoms with Crippen LogP contribution in [-0.2, 0) is 9.53 Å². The van der Waals surface area contributed by atoms with E-state index in [1.165, 1.54) is 12.1 Å². The average molecular weight is 238 g/mol. The average Bonchev–Trinajstić information content (AvgIpc) is 2.29. The van der Waals surface area contributed by atoms with Gasteiger partial charge in [0.15, 0.2) is 0 Å². The van der Waals surface area contributed by atoms with Gasteiger partial charge in [-0.1, -0.05) is 6.07 Å². The van der Waals surface area contributed by atoms with Gasteiger partial charge in [0.2, 0.25) is 5.91 Å². The maximum absolute atomic E-state index is 12.9. The van der Waals surface area contributed by atoms with Crippen LogP contribution in [0.25, 0.3) is 0 Å². The van der Waals surface area contributed by atoms with Crippen LogP contribution in [0.1, 0.15) is 6.92 Å². The molecule has 0 unspecified atom stereocenters. The second kappa shape index (κ2) is 5.25. The van der Waals surface area contributed by atoms with Gasteiger partial charge in [-0.2, -0.15) is 0 Å². The van der Waals surface area contributed by atoms with Gasteiger partial charge in [0.05, 0.1) is 12.7 Å². The van der Waals surface area contributed by atoms with Gasteiger partial charge >= 0.3 is 0 Å². The highest BCUT2D eigenvalue weighted by Gasteiger charge is 2.28. The molecule has 1 amide bonds. The minimum Gasteiger partial charge on any atom is -0.375 e. The normalized spacial score (nSPS) is 24.4. The molecule has 1 aliphatic heterocycles. The van der Waals surface area contributed by atoms with Gasteiger partial charge in [0.1, 0.15) is 11.9 Å². The number of benzene rings is 1. The van der Waals surface area contributed by atoms with Crippen molar-refractivity contribution in [3.63, 3.8) is 0 Å². The molecule has 0 saturated carbocycles. The molecule has 1 heterocycles. The molecule has 0 bridgehead atoms. The Balaban J connectivity index is 2.01. The van der Waals surface area contributed by atoms with E-state index in [2.05, 4.69) is 10.6 Å². The van der Waals surface area contributed by atoms with Gasteiger partial charge in [-0.15, -0.1) is 0 Å². The number of morpholine rings is 1. The van der Waals surface area contributed by atoms with Crippen LogP contribution in [0.5, 0.6) is 0 Å². The number of ether oxygens (including phenoxy) is 1. The van der Waals surface area contributed by atoms with Gasteiger partial charge < -0.3 is 15.4 Å². The SMILES string of the molecule is C[C@H]1OCCN[C@@H]1C(=O)Nc1cccc(F)c1. The second-order valence-corrected chi connectivity index (χ2v) is 4.01. The van der Waals surface area contributed by atoms with Gasteiger partial charge in [0.25, 0.3) is 0 Å². The summed E-state index contributed by atoms with van der Waals surface area (Å²) in [6.07, 6.45) is -0.183.